The van der Waals surface area contributed by atoms with E-state index in [0.29, 0.717) is 24.2 Å². The fourth-order valence-corrected chi connectivity index (χ4v) is 3.68. The van der Waals surface area contributed by atoms with E-state index in [1.807, 2.05) is 13.8 Å². The van der Waals surface area contributed by atoms with Crippen molar-refractivity contribution in [1.29, 1.82) is 0 Å². The van der Waals surface area contributed by atoms with Crippen LogP contribution in [0.2, 0.25) is 0 Å². The Kier molecular flexibility index (Phi) is 7.52. The van der Waals surface area contributed by atoms with Gasteiger partial charge in [-0.3, -0.25) is 29.8 Å². The average molecular weight is 464 g/mol. The van der Waals surface area contributed by atoms with Gasteiger partial charge in [-0.15, -0.1) is 0 Å². The molecule has 3 rings (SSSR count). The summed E-state index contributed by atoms with van der Waals surface area (Å²) in [5.41, 5.74) is 1.30. The maximum Gasteiger partial charge on any atom is 0.269 e. The molecule has 2 atom stereocenters. The quantitative estimate of drug-likeness (QED) is 0.365. The maximum atomic E-state index is 12.7. The van der Waals surface area contributed by atoms with Crippen LogP contribution in [0.25, 0.3) is 12.2 Å². The summed E-state index contributed by atoms with van der Waals surface area (Å²) in [4.78, 5) is 49.4. The van der Waals surface area contributed by atoms with Gasteiger partial charge in [-0.25, -0.2) is 0 Å². The normalized spacial score (nSPS) is 18.4. The van der Waals surface area contributed by atoms with Crippen molar-refractivity contribution in [2.75, 3.05) is 13.1 Å². The van der Waals surface area contributed by atoms with E-state index < -0.39 is 9.85 Å². The number of amides is 2. The van der Waals surface area contributed by atoms with Crippen molar-refractivity contribution in [3.05, 3.63) is 92.0 Å². The Morgan fingerprint density at radius 2 is 1.06 bits per heavy atom. The van der Waals surface area contributed by atoms with Crippen LogP contribution in [-0.2, 0) is 9.59 Å². The number of rotatable bonds is 6. The summed E-state index contributed by atoms with van der Waals surface area (Å²) < 4.78 is 0. The molecule has 0 bridgehead atoms. The molecule has 0 aliphatic carbocycles. The van der Waals surface area contributed by atoms with Crippen molar-refractivity contribution < 1.29 is 19.4 Å². The van der Waals surface area contributed by atoms with Gasteiger partial charge in [-0.2, -0.15) is 0 Å². The van der Waals surface area contributed by atoms with E-state index in [-0.39, 0.29) is 35.3 Å². The van der Waals surface area contributed by atoms with Crippen LogP contribution < -0.4 is 0 Å². The van der Waals surface area contributed by atoms with Gasteiger partial charge in [0.05, 0.1) is 9.85 Å². The minimum absolute atomic E-state index is 0.0191. The summed E-state index contributed by atoms with van der Waals surface area (Å²) in [6, 6.07) is 11.4. The minimum atomic E-state index is -0.483. The van der Waals surface area contributed by atoms with E-state index in [2.05, 4.69) is 0 Å². The molecule has 10 nitrogen and oxygen atoms in total. The number of carbonyl (C=O) groups is 2. The molecule has 10 heteroatoms. The van der Waals surface area contributed by atoms with Crippen molar-refractivity contribution in [2.24, 2.45) is 0 Å². The standard InChI is InChI=1S/C24H24N4O6/c1-17-15-26(24(30)14-8-20-5-11-22(12-6-20)28(33)34)18(2)16-25(17)23(29)13-7-19-3-9-21(10-4-19)27(31)32/h3-14,17-18H,15-16H2,1-2H3. The number of nitro groups is 2. The Morgan fingerprint density at radius 3 is 1.35 bits per heavy atom. The molecule has 1 saturated heterocycles. The molecule has 0 aromatic heterocycles. The molecule has 2 unspecified atom stereocenters. The van der Waals surface area contributed by atoms with Crippen LogP contribution >= 0.6 is 0 Å². The number of benzene rings is 2. The van der Waals surface area contributed by atoms with E-state index in [1.165, 1.54) is 36.4 Å². The van der Waals surface area contributed by atoms with Gasteiger partial charge in [0.15, 0.2) is 0 Å². The lowest BCUT2D eigenvalue weighted by atomic mass is 10.1. The van der Waals surface area contributed by atoms with E-state index in [9.17, 15) is 29.8 Å². The first-order chi connectivity index (χ1) is 16.2. The molecule has 1 aliphatic heterocycles. The van der Waals surface area contributed by atoms with Crippen molar-refractivity contribution >= 4 is 35.3 Å². The number of nitro benzene ring substituents is 2. The highest BCUT2D eigenvalue weighted by atomic mass is 16.6. The van der Waals surface area contributed by atoms with Gasteiger partial charge in [-0.05, 0) is 61.4 Å². The minimum Gasteiger partial charge on any atom is -0.333 e. The smallest absolute Gasteiger partial charge is 0.269 e. The summed E-state index contributed by atoms with van der Waals surface area (Å²) in [5, 5.41) is 21.5. The van der Waals surface area contributed by atoms with Gasteiger partial charge < -0.3 is 9.80 Å². The third-order valence-electron chi connectivity index (χ3n) is 5.60. The number of hydrogen-bond donors (Lipinski definition) is 0. The van der Waals surface area contributed by atoms with Crippen LogP contribution in [0.5, 0.6) is 0 Å². The average Bonchev–Trinajstić information content (AvgIpc) is 2.82. The summed E-state index contributed by atoms with van der Waals surface area (Å²) in [7, 11) is 0. The molecule has 0 saturated carbocycles. The molecule has 2 amide bonds. The molecule has 0 radical (unpaired) electrons. The summed E-state index contributed by atoms with van der Waals surface area (Å²) in [6.07, 6.45) is 6.06. The number of hydrogen-bond acceptors (Lipinski definition) is 6. The maximum absolute atomic E-state index is 12.7. The summed E-state index contributed by atoms with van der Waals surface area (Å²) in [6.45, 7) is 4.46. The Bertz CT molecular complexity index is 1050. The lowest BCUT2D eigenvalue weighted by Gasteiger charge is -2.43. The van der Waals surface area contributed by atoms with Gasteiger partial charge >= 0.3 is 0 Å². The summed E-state index contributed by atoms with van der Waals surface area (Å²) >= 11 is 0. The Balaban J connectivity index is 1.60. The first-order valence-electron chi connectivity index (χ1n) is 10.6. The number of carbonyl (C=O) groups excluding carboxylic acids is 2. The highest BCUT2D eigenvalue weighted by Crippen LogP contribution is 2.19. The van der Waals surface area contributed by atoms with Crippen LogP contribution in [0.1, 0.15) is 25.0 Å². The van der Waals surface area contributed by atoms with E-state index in [4.69, 9.17) is 0 Å². The van der Waals surface area contributed by atoms with Gasteiger partial charge in [0, 0.05) is 61.6 Å². The van der Waals surface area contributed by atoms with Crippen molar-refractivity contribution in [2.45, 2.75) is 25.9 Å². The lowest BCUT2D eigenvalue weighted by molar-refractivity contribution is -0.385. The van der Waals surface area contributed by atoms with Crippen LogP contribution in [0.15, 0.2) is 60.7 Å². The van der Waals surface area contributed by atoms with E-state index in [1.54, 1.807) is 46.2 Å². The van der Waals surface area contributed by atoms with E-state index in [0.717, 1.165) is 0 Å². The molecule has 34 heavy (non-hydrogen) atoms. The summed E-state index contributed by atoms with van der Waals surface area (Å²) in [5.74, 6) is -0.405. The van der Waals surface area contributed by atoms with Crippen molar-refractivity contribution in [3.63, 3.8) is 0 Å². The van der Waals surface area contributed by atoms with Crippen molar-refractivity contribution in [3.8, 4) is 0 Å². The van der Waals surface area contributed by atoms with Gasteiger partial charge in [0.1, 0.15) is 0 Å². The number of non-ortho nitro benzene ring substituents is 2. The monoisotopic (exact) mass is 464 g/mol. The molecule has 1 aliphatic rings. The third-order valence-corrected chi connectivity index (χ3v) is 5.60. The molecule has 176 valence electrons. The predicted octanol–water partition coefficient (Wildman–Crippen LogP) is 3.68. The second-order valence-corrected chi connectivity index (χ2v) is 8.04. The third kappa shape index (κ3) is 5.91. The fourth-order valence-electron chi connectivity index (χ4n) is 3.68. The molecular formula is C24H24N4O6. The molecule has 0 spiro atoms. The van der Waals surface area contributed by atoms with Crippen LogP contribution in [0.3, 0.4) is 0 Å². The molecule has 1 fully saturated rings. The molecule has 1 heterocycles. The Hall–Kier alpha value is -4.34. The highest BCUT2D eigenvalue weighted by molar-refractivity contribution is 5.94. The zero-order valence-corrected chi connectivity index (χ0v) is 18.7. The first kappa shape index (κ1) is 24.3. The van der Waals surface area contributed by atoms with Crippen LogP contribution in [0, 0.1) is 20.2 Å². The highest BCUT2D eigenvalue weighted by Gasteiger charge is 2.32. The van der Waals surface area contributed by atoms with Crippen molar-refractivity contribution in [1.82, 2.24) is 9.80 Å². The van der Waals surface area contributed by atoms with Gasteiger partial charge in [0.25, 0.3) is 11.4 Å². The van der Waals surface area contributed by atoms with Crippen LogP contribution in [0.4, 0.5) is 11.4 Å². The SMILES string of the molecule is CC1CN(C(=O)C=Cc2ccc([N+](=O)[O-])cc2)C(C)CN1C(=O)C=Cc1ccc([N+](=O)[O-])cc1. The van der Waals surface area contributed by atoms with E-state index >= 15 is 0 Å². The zero-order chi connectivity index (χ0) is 24.8. The molecule has 2 aromatic carbocycles. The first-order valence-corrected chi connectivity index (χ1v) is 10.6. The van der Waals surface area contributed by atoms with Gasteiger partial charge in [-0.1, -0.05) is 0 Å². The largest absolute Gasteiger partial charge is 0.333 e. The lowest BCUT2D eigenvalue weighted by Crippen LogP contribution is -2.59. The number of nitrogens with zero attached hydrogens (tertiary/aromatic N) is 4. The molecule has 0 N–H and O–H groups in total. The topological polar surface area (TPSA) is 127 Å². The zero-order valence-electron chi connectivity index (χ0n) is 18.7. The Morgan fingerprint density at radius 1 is 0.735 bits per heavy atom. The van der Waals surface area contributed by atoms with Gasteiger partial charge in [0.2, 0.25) is 11.8 Å². The number of piperazine rings is 1. The Labute approximate surface area is 196 Å². The second kappa shape index (κ2) is 10.5. The molecular weight excluding hydrogens is 440 g/mol. The van der Waals surface area contributed by atoms with Crippen LogP contribution in [-0.4, -0.2) is 56.6 Å². The fraction of sp³-hybridized carbons (Fsp3) is 0.250. The molecule has 2 aromatic rings. The predicted molar refractivity (Wildman–Crippen MR) is 127 cm³/mol. The second-order valence-electron chi connectivity index (χ2n) is 8.04.